The molecule has 3 nitrogen and oxygen atoms in total. The lowest BCUT2D eigenvalue weighted by molar-refractivity contribution is -0.142. The number of hydrogen-bond donors (Lipinski definition) is 1. The van der Waals surface area contributed by atoms with E-state index in [1.165, 1.54) is 6.07 Å². The average Bonchev–Trinajstić information content (AvgIpc) is 2.29. The van der Waals surface area contributed by atoms with Crippen LogP contribution in [0.4, 0.5) is 4.39 Å². The van der Waals surface area contributed by atoms with Crippen molar-refractivity contribution in [1.82, 2.24) is 5.32 Å². The number of benzene rings is 1. The largest absolute Gasteiger partial charge is 0.466 e. The van der Waals surface area contributed by atoms with E-state index < -0.39 is 5.82 Å². The minimum absolute atomic E-state index is 0.106. The third-order valence-corrected chi connectivity index (χ3v) is 2.41. The van der Waals surface area contributed by atoms with Gasteiger partial charge in [0, 0.05) is 13.1 Å². The molecular weight excluding hydrogens is 245 g/mol. The van der Waals surface area contributed by atoms with Crippen LogP contribution in [0.15, 0.2) is 18.2 Å². The molecular formula is C12H15ClFNO2. The molecule has 1 rings (SSSR count). The van der Waals surface area contributed by atoms with Gasteiger partial charge in [0.15, 0.2) is 0 Å². The smallest absolute Gasteiger partial charge is 0.307 e. The highest BCUT2D eigenvalue weighted by Crippen LogP contribution is 2.15. The molecule has 0 unspecified atom stereocenters. The molecule has 1 aromatic rings. The molecule has 0 fully saturated rings. The Morgan fingerprint density at radius 2 is 2.29 bits per heavy atom. The molecule has 0 bridgehead atoms. The van der Waals surface area contributed by atoms with Gasteiger partial charge in [0.2, 0.25) is 0 Å². The summed E-state index contributed by atoms with van der Waals surface area (Å²) >= 11 is 5.64. The third kappa shape index (κ3) is 5.15. The number of esters is 1. The molecule has 0 amide bonds. The molecule has 94 valence electrons. The van der Waals surface area contributed by atoms with E-state index in [-0.39, 0.29) is 11.0 Å². The number of halogens is 2. The van der Waals surface area contributed by atoms with Crippen LogP contribution in [0.1, 0.15) is 18.9 Å². The second-order valence-corrected chi connectivity index (χ2v) is 3.89. The van der Waals surface area contributed by atoms with Gasteiger partial charge in [-0.2, -0.15) is 0 Å². The minimum atomic E-state index is -0.429. The van der Waals surface area contributed by atoms with Crippen LogP contribution >= 0.6 is 11.6 Å². The van der Waals surface area contributed by atoms with Crippen molar-refractivity contribution >= 4 is 17.6 Å². The van der Waals surface area contributed by atoms with Gasteiger partial charge in [0.05, 0.1) is 18.1 Å². The molecule has 0 atom stereocenters. The first-order chi connectivity index (χ1) is 8.13. The summed E-state index contributed by atoms with van der Waals surface area (Å²) in [6, 6.07) is 4.54. The zero-order chi connectivity index (χ0) is 12.7. The van der Waals surface area contributed by atoms with Gasteiger partial charge in [-0.3, -0.25) is 4.79 Å². The highest BCUT2D eigenvalue weighted by molar-refractivity contribution is 6.30. The van der Waals surface area contributed by atoms with Crippen LogP contribution in [0.3, 0.4) is 0 Å². The van der Waals surface area contributed by atoms with Crippen molar-refractivity contribution in [2.24, 2.45) is 0 Å². The zero-order valence-corrected chi connectivity index (χ0v) is 10.4. The average molecular weight is 260 g/mol. The number of rotatable bonds is 6. The summed E-state index contributed by atoms with van der Waals surface area (Å²) in [4.78, 5) is 11.0. The Hall–Kier alpha value is -1.13. The highest BCUT2D eigenvalue weighted by atomic mass is 35.5. The Kier molecular flexibility index (Phi) is 5.94. The molecule has 1 N–H and O–H groups in total. The van der Waals surface area contributed by atoms with E-state index in [0.29, 0.717) is 26.1 Å². The van der Waals surface area contributed by atoms with Gasteiger partial charge in [-0.15, -0.1) is 0 Å². The van der Waals surface area contributed by atoms with E-state index in [9.17, 15) is 9.18 Å². The highest BCUT2D eigenvalue weighted by Gasteiger charge is 2.02. The van der Waals surface area contributed by atoms with E-state index in [1.807, 2.05) is 0 Å². The topological polar surface area (TPSA) is 38.3 Å². The van der Waals surface area contributed by atoms with Crippen molar-refractivity contribution in [3.8, 4) is 0 Å². The fourth-order valence-electron chi connectivity index (χ4n) is 1.31. The SMILES string of the molecule is CCOC(=O)CCNCc1ccc(F)c(Cl)c1. The van der Waals surface area contributed by atoms with Crippen molar-refractivity contribution in [1.29, 1.82) is 0 Å². The maximum absolute atomic E-state index is 12.9. The van der Waals surface area contributed by atoms with Gasteiger partial charge in [-0.05, 0) is 24.6 Å². The van der Waals surface area contributed by atoms with Gasteiger partial charge in [-0.1, -0.05) is 17.7 Å². The summed E-state index contributed by atoms with van der Waals surface area (Å²) < 4.78 is 17.6. The fourth-order valence-corrected chi connectivity index (χ4v) is 1.51. The van der Waals surface area contributed by atoms with Gasteiger partial charge in [0.1, 0.15) is 5.82 Å². The summed E-state index contributed by atoms with van der Waals surface area (Å²) in [5.74, 6) is -0.654. The van der Waals surface area contributed by atoms with E-state index >= 15 is 0 Å². The number of hydrogen-bond acceptors (Lipinski definition) is 3. The van der Waals surface area contributed by atoms with E-state index in [0.717, 1.165) is 5.56 Å². The van der Waals surface area contributed by atoms with Crippen LogP contribution in [-0.4, -0.2) is 19.1 Å². The summed E-state index contributed by atoms with van der Waals surface area (Å²) in [6.45, 7) is 3.23. The van der Waals surface area contributed by atoms with E-state index in [2.05, 4.69) is 5.32 Å². The molecule has 0 aliphatic rings. The van der Waals surface area contributed by atoms with Crippen LogP contribution in [0.2, 0.25) is 5.02 Å². The van der Waals surface area contributed by atoms with Crippen molar-refractivity contribution in [2.75, 3.05) is 13.2 Å². The molecule has 0 radical (unpaired) electrons. The van der Waals surface area contributed by atoms with Gasteiger partial charge in [0.25, 0.3) is 0 Å². The second kappa shape index (κ2) is 7.25. The Bertz CT molecular complexity index is 385. The first-order valence-corrected chi connectivity index (χ1v) is 5.81. The van der Waals surface area contributed by atoms with Crippen molar-refractivity contribution in [3.05, 3.63) is 34.6 Å². The van der Waals surface area contributed by atoms with Crippen LogP contribution in [0.25, 0.3) is 0 Å². The molecule has 1 aromatic carbocycles. The number of carbonyl (C=O) groups is 1. The maximum Gasteiger partial charge on any atom is 0.307 e. The van der Waals surface area contributed by atoms with Crippen LogP contribution < -0.4 is 5.32 Å². The maximum atomic E-state index is 12.9. The van der Waals surface area contributed by atoms with Crippen LogP contribution in [0.5, 0.6) is 0 Å². The summed E-state index contributed by atoms with van der Waals surface area (Å²) in [6.07, 6.45) is 0.322. The molecule has 0 heterocycles. The second-order valence-electron chi connectivity index (χ2n) is 3.48. The van der Waals surface area contributed by atoms with Gasteiger partial charge < -0.3 is 10.1 Å². The number of nitrogens with one attached hydrogen (secondary N) is 1. The van der Waals surface area contributed by atoms with Crippen molar-refractivity contribution in [2.45, 2.75) is 19.9 Å². The predicted octanol–water partition coefficient (Wildman–Crippen LogP) is 2.52. The lowest BCUT2D eigenvalue weighted by Crippen LogP contribution is -2.19. The summed E-state index contributed by atoms with van der Waals surface area (Å²) in [5.41, 5.74) is 0.875. The van der Waals surface area contributed by atoms with Crippen molar-refractivity contribution < 1.29 is 13.9 Å². The molecule has 0 aliphatic carbocycles. The van der Waals surface area contributed by atoms with E-state index in [4.69, 9.17) is 16.3 Å². The first-order valence-electron chi connectivity index (χ1n) is 5.43. The standard InChI is InChI=1S/C12H15ClFNO2/c1-2-17-12(16)5-6-15-8-9-3-4-11(14)10(13)7-9/h3-4,7,15H,2,5-6,8H2,1H3. The fraction of sp³-hybridized carbons (Fsp3) is 0.417. The molecule has 0 saturated heterocycles. The molecule has 0 spiro atoms. The minimum Gasteiger partial charge on any atom is -0.466 e. The Balaban J connectivity index is 2.26. The summed E-state index contributed by atoms with van der Waals surface area (Å²) in [5, 5.41) is 3.16. The van der Waals surface area contributed by atoms with Gasteiger partial charge >= 0.3 is 5.97 Å². The molecule has 5 heteroatoms. The lowest BCUT2D eigenvalue weighted by atomic mass is 10.2. The quantitative estimate of drug-likeness (QED) is 0.630. The monoisotopic (exact) mass is 259 g/mol. The zero-order valence-electron chi connectivity index (χ0n) is 9.63. The summed E-state index contributed by atoms with van der Waals surface area (Å²) in [7, 11) is 0. The molecule has 0 aromatic heterocycles. The normalized spacial score (nSPS) is 10.3. The molecule has 0 aliphatic heterocycles. The lowest BCUT2D eigenvalue weighted by Gasteiger charge is -2.05. The van der Waals surface area contributed by atoms with Crippen LogP contribution in [0, 0.1) is 5.82 Å². The first kappa shape index (κ1) is 13.9. The Morgan fingerprint density at radius 3 is 2.94 bits per heavy atom. The van der Waals surface area contributed by atoms with Crippen LogP contribution in [-0.2, 0) is 16.1 Å². The van der Waals surface area contributed by atoms with Crippen molar-refractivity contribution in [3.63, 3.8) is 0 Å². The van der Waals surface area contributed by atoms with E-state index in [1.54, 1.807) is 19.1 Å². The molecule has 0 saturated carbocycles. The Labute approximate surface area is 105 Å². The third-order valence-electron chi connectivity index (χ3n) is 2.12. The predicted molar refractivity (Wildman–Crippen MR) is 64.4 cm³/mol. The van der Waals surface area contributed by atoms with Gasteiger partial charge in [-0.25, -0.2) is 4.39 Å². The Morgan fingerprint density at radius 1 is 1.53 bits per heavy atom. The number of ether oxygens (including phenoxy) is 1. The number of carbonyl (C=O) groups excluding carboxylic acids is 1. The molecule has 17 heavy (non-hydrogen) atoms.